The number of nitrogens with zero attached hydrogens (tertiary/aromatic N) is 1. The van der Waals surface area contributed by atoms with Crippen LogP contribution in [0.15, 0.2) is 10.6 Å². The van der Waals surface area contributed by atoms with Gasteiger partial charge in [0.05, 0.1) is 5.69 Å². The lowest BCUT2D eigenvalue weighted by Crippen LogP contribution is -2.12. The van der Waals surface area contributed by atoms with Gasteiger partial charge in [-0.2, -0.15) is 0 Å². The molecule has 1 atom stereocenters. The standard InChI is InChI=1S/C7H9NO4/c1-4-3-5(12-8-4)6(11-2)7(9)10/h3,6H,1-2H3,(H,9,10). The summed E-state index contributed by atoms with van der Waals surface area (Å²) in [6, 6.07) is 1.53. The van der Waals surface area contributed by atoms with Gasteiger partial charge in [0.1, 0.15) is 0 Å². The largest absolute Gasteiger partial charge is 0.479 e. The number of carboxylic acid groups (broad SMARTS) is 1. The van der Waals surface area contributed by atoms with E-state index in [1.807, 2.05) is 0 Å². The van der Waals surface area contributed by atoms with Crippen LogP contribution in [0.3, 0.4) is 0 Å². The highest BCUT2D eigenvalue weighted by molar-refractivity contribution is 5.73. The Labute approximate surface area is 68.9 Å². The van der Waals surface area contributed by atoms with Gasteiger partial charge in [0.2, 0.25) is 6.10 Å². The van der Waals surface area contributed by atoms with Gasteiger partial charge in [-0.05, 0) is 6.92 Å². The maximum absolute atomic E-state index is 10.5. The number of hydrogen-bond acceptors (Lipinski definition) is 4. The van der Waals surface area contributed by atoms with Crippen LogP contribution in [0.5, 0.6) is 0 Å². The van der Waals surface area contributed by atoms with E-state index in [0.29, 0.717) is 5.69 Å². The number of ether oxygens (including phenoxy) is 1. The van der Waals surface area contributed by atoms with Gasteiger partial charge in [0.15, 0.2) is 5.76 Å². The summed E-state index contributed by atoms with van der Waals surface area (Å²) in [5.74, 6) is -0.879. The maximum atomic E-state index is 10.5. The normalized spacial score (nSPS) is 12.8. The first-order valence-electron chi connectivity index (χ1n) is 3.34. The van der Waals surface area contributed by atoms with Crippen molar-refractivity contribution in [3.63, 3.8) is 0 Å². The minimum atomic E-state index is -1.09. The minimum absolute atomic E-state index is 0.211. The number of aliphatic carboxylic acids is 1. The van der Waals surface area contributed by atoms with Gasteiger partial charge in [-0.3, -0.25) is 0 Å². The molecule has 0 saturated carbocycles. The number of carboxylic acids is 1. The van der Waals surface area contributed by atoms with E-state index < -0.39 is 12.1 Å². The fourth-order valence-electron chi connectivity index (χ4n) is 0.846. The van der Waals surface area contributed by atoms with Crippen LogP contribution in [0.2, 0.25) is 0 Å². The molecule has 0 saturated heterocycles. The molecule has 0 aliphatic heterocycles. The average molecular weight is 171 g/mol. The second kappa shape index (κ2) is 3.36. The summed E-state index contributed by atoms with van der Waals surface area (Å²) in [6.45, 7) is 1.71. The first-order chi connectivity index (χ1) is 5.65. The summed E-state index contributed by atoms with van der Waals surface area (Å²) in [6.07, 6.45) is -1.06. The average Bonchev–Trinajstić information content (AvgIpc) is 2.37. The molecule has 0 radical (unpaired) electrons. The first-order valence-corrected chi connectivity index (χ1v) is 3.34. The highest BCUT2D eigenvalue weighted by atomic mass is 16.5. The summed E-state index contributed by atoms with van der Waals surface area (Å²) >= 11 is 0. The number of aromatic nitrogens is 1. The second-order valence-corrected chi connectivity index (χ2v) is 2.32. The SMILES string of the molecule is COC(C(=O)O)c1cc(C)no1. The van der Waals surface area contributed by atoms with Crippen molar-refractivity contribution in [2.24, 2.45) is 0 Å². The molecule has 66 valence electrons. The van der Waals surface area contributed by atoms with Crippen molar-refractivity contribution in [2.75, 3.05) is 7.11 Å². The quantitative estimate of drug-likeness (QED) is 0.726. The van der Waals surface area contributed by atoms with Crippen LogP contribution < -0.4 is 0 Å². The lowest BCUT2D eigenvalue weighted by molar-refractivity contribution is -0.150. The number of carbonyl (C=O) groups is 1. The highest BCUT2D eigenvalue weighted by Gasteiger charge is 2.23. The molecule has 12 heavy (non-hydrogen) atoms. The predicted molar refractivity (Wildman–Crippen MR) is 38.6 cm³/mol. The van der Waals surface area contributed by atoms with E-state index in [1.54, 1.807) is 6.92 Å². The number of methoxy groups -OCH3 is 1. The Kier molecular flexibility index (Phi) is 2.44. The van der Waals surface area contributed by atoms with E-state index in [2.05, 4.69) is 9.89 Å². The van der Waals surface area contributed by atoms with Crippen LogP contribution in [0.1, 0.15) is 17.6 Å². The third kappa shape index (κ3) is 1.62. The fraction of sp³-hybridized carbons (Fsp3) is 0.429. The number of aryl methyl sites for hydroxylation is 1. The molecule has 1 aromatic heterocycles. The van der Waals surface area contributed by atoms with E-state index in [9.17, 15) is 4.79 Å². The van der Waals surface area contributed by atoms with Crippen LogP contribution in [-0.4, -0.2) is 23.3 Å². The third-order valence-corrected chi connectivity index (χ3v) is 1.36. The van der Waals surface area contributed by atoms with Crippen molar-refractivity contribution in [1.82, 2.24) is 5.16 Å². The second-order valence-electron chi connectivity index (χ2n) is 2.32. The van der Waals surface area contributed by atoms with Crippen LogP contribution in [-0.2, 0) is 9.53 Å². The zero-order valence-electron chi connectivity index (χ0n) is 6.77. The van der Waals surface area contributed by atoms with Crippen LogP contribution >= 0.6 is 0 Å². The Hall–Kier alpha value is -1.36. The molecule has 5 nitrogen and oxygen atoms in total. The molecule has 0 amide bonds. The van der Waals surface area contributed by atoms with Crippen molar-refractivity contribution >= 4 is 5.97 Å². The highest BCUT2D eigenvalue weighted by Crippen LogP contribution is 2.17. The molecule has 0 bridgehead atoms. The zero-order chi connectivity index (χ0) is 9.14. The zero-order valence-corrected chi connectivity index (χ0v) is 6.77. The number of rotatable bonds is 3. The Morgan fingerprint density at radius 3 is 2.83 bits per heavy atom. The van der Waals surface area contributed by atoms with Gasteiger partial charge in [-0.1, -0.05) is 5.16 Å². The summed E-state index contributed by atoms with van der Waals surface area (Å²) < 4.78 is 9.40. The topological polar surface area (TPSA) is 72.6 Å². The van der Waals surface area contributed by atoms with Crippen LogP contribution in [0, 0.1) is 6.92 Å². The molecule has 1 rings (SSSR count). The first kappa shape index (κ1) is 8.73. The van der Waals surface area contributed by atoms with E-state index >= 15 is 0 Å². The molecule has 1 aromatic rings. The molecule has 1 unspecified atom stereocenters. The van der Waals surface area contributed by atoms with E-state index in [4.69, 9.17) is 9.63 Å². The van der Waals surface area contributed by atoms with Gasteiger partial charge in [0, 0.05) is 13.2 Å². The molecule has 0 aliphatic rings. The summed E-state index contributed by atoms with van der Waals surface area (Å²) in [4.78, 5) is 10.5. The van der Waals surface area contributed by atoms with Crippen molar-refractivity contribution < 1.29 is 19.2 Å². The van der Waals surface area contributed by atoms with Gasteiger partial charge in [0.25, 0.3) is 0 Å². The molecular weight excluding hydrogens is 162 g/mol. The smallest absolute Gasteiger partial charge is 0.340 e. The molecule has 5 heteroatoms. The van der Waals surface area contributed by atoms with Crippen LogP contribution in [0.4, 0.5) is 0 Å². The Balaban J connectivity index is 2.87. The number of hydrogen-bond donors (Lipinski definition) is 1. The summed E-state index contributed by atoms with van der Waals surface area (Å²) in [5.41, 5.74) is 0.633. The lowest BCUT2D eigenvalue weighted by Gasteiger charge is -2.04. The fourth-order valence-corrected chi connectivity index (χ4v) is 0.846. The van der Waals surface area contributed by atoms with E-state index in [1.165, 1.54) is 13.2 Å². The molecule has 1 heterocycles. The molecule has 1 N–H and O–H groups in total. The molecule has 0 aliphatic carbocycles. The maximum Gasteiger partial charge on any atom is 0.340 e. The van der Waals surface area contributed by atoms with E-state index in [0.717, 1.165) is 0 Å². The molecular formula is C7H9NO4. The predicted octanol–water partition coefficient (Wildman–Crippen LogP) is 0.755. The Bertz CT molecular complexity index is 281. The van der Waals surface area contributed by atoms with Gasteiger partial charge in [-0.15, -0.1) is 0 Å². The Morgan fingerprint density at radius 1 is 1.83 bits per heavy atom. The summed E-state index contributed by atoms with van der Waals surface area (Å²) in [7, 11) is 1.30. The van der Waals surface area contributed by atoms with Gasteiger partial charge >= 0.3 is 5.97 Å². The van der Waals surface area contributed by atoms with Gasteiger partial charge < -0.3 is 14.4 Å². The summed E-state index contributed by atoms with van der Waals surface area (Å²) in [5, 5.41) is 12.2. The van der Waals surface area contributed by atoms with Crippen LogP contribution in [0.25, 0.3) is 0 Å². The van der Waals surface area contributed by atoms with Gasteiger partial charge in [-0.25, -0.2) is 4.79 Å². The monoisotopic (exact) mass is 171 g/mol. The minimum Gasteiger partial charge on any atom is -0.479 e. The van der Waals surface area contributed by atoms with Crippen molar-refractivity contribution in [3.8, 4) is 0 Å². The molecule has 0 spiro atoms. The molecule has 0 aromatic carbocycles. The van der Waals surface area contributed by atoms with E-state index in [-0.39, 0.29) is 5.76 Å². The van der Waals surface area contributed by atoms with Crippen molar-refractivity contribution in [1.29, 1.82) is 0 Å². The molecule has 0 fully saturated rings. The van der Waals surface area contributed by atoms with Crippen molar-refractivity contribution in [3.05, 3.63) is 17.5 Å². The Morgan fingerprint density at radius 2 is 2.50 bits per heavy atom. The van der Waals surface area contributed by atoms with Crippen molar-refractivity contribution in [2.45, 2.75) is 13.0 Å². The lowest BCUT2D eigenvalue weighted by atomic mass is 10.2. The third-order valence-electron chi connectivity index (χ3n) is 1.36.